The number of nitrogens with zero attached hydrogens (tertiary/aromatic N) is 2. The summed E-state index contributed by atoms with van der Waals surface area (Å²) < 4.78 is 27.3. The van der Waals surface area contributed by atoms with Gasteiger partial charge in [0.25, 0.3) is 0 Å². The van der Waals surface area contributed by atoms with Crippen LogP contribution in [0.4, 0.5) is 10.1 Å². The number of aryl methyl sites for hydroxylation is 1. The lowest BCUT2D eigenvalue weighted by Gasteiger charge is -2.05. The third-order valence-electron chi connectivity index (χ3n) is 2.51. The van der Waals surface area contributed by atoms with Crippen molar-refractivity contribution >= 4 is 16.5 Å². The molecule has 2 N–H and O–H groups in total. The quantitative estimate of drug-likeness (QED) is 0.840. The first-order chi connectivity index (χ1) is 8.66. The number of rotatable bonds is 5. The van der Waals surface area contributed by atoms with E-state index in [9.17, 15) is 8.60 Å². The number of hydrogen-bond acceptors (Lipinski definition) is 3. The fourth-order valence-corrected chi connectivity index (χ4v) is 2.72. The van der Waals surface area contributed by atoms with E-state index in [2.05, 4.69) is 4.98 Å². The topological polar surface area (TPSA) is 60.9 Å². The maximum Gasteiger partial charge on any atom is 0.141 e. The van der Waals surface area contributed by atoms with Gasteiger partial charge < -0.3 is 10.3 Å². The van der Waals surface area contributed by atoms with Gasteiger partial charge in [0.2, 0.25) is 0 Å². The first-order valence-electron chi connectivity index (χ1n) is 5.56. The maximum absolute atomic E-state index is 13.5. The average Bonchev–Trinajstić information content (AvgIpc) is 2.81. The van der Waals surface area contributed by atoms with Gasteiger partial charge in [0.15, 0.2) is 0 Å². The van der Waals surface area contributed by atoms with Crippen LogP contribution in [0, 0.1) is 5.82 Å². The maximum atomic E-state index is 13.5. The number of anilines is 1. The van der Waals surface area contributed by atoms with Crippen molar-refractivity contribution in [1.29, 1.82) is 0 Å². The molecule has 1 heterocycles. The molecule has 2 aromatic rings. The van der Waals surface area contributed by atoms with Gasteiger partial charge in [-0.25, -0.2) is 9.37 Å². The van der Waals surface area contributed by atoms with Crippen LogP contribution >= 0.6 is 0 Å². The molecule has 2 rings (SSSR count). The minimum absolute atomic E-state index is 0.217. The Labute approximate surface area is 107 Å². The molecular weight excluding hydrogens is 253 g/mol. The molecule has 0 aliphatic heterocycles. The van der Waals surface area contributed by atoms with Crippen LogP contribution in [0.5, 0.6) is 0 Å². The van der Waals surface area contributed by atoms with E-state index in [0.29, 0.717) is 17.9 Å². The molecule has 0 bridgehead atoms. The molecule has 96 valence electrons. The van der Waals surface area contributed by atoms with Gasteiger partial charge in [-0.2, -0.15) is 0 Å². The van der Waals surface area contributed by atoms with Crippen LogP contribution in [0.3, 0.4) is 0 Å². The molecule has 0 amide bonds. The Kier molecular flexibility index (Phi) is 4.09. The Morgan fingerprint density at radius 1 is 1.44 bits per heavy atom. The Morgan fingerprint density at radius 2 is 2.28 bits per heavy atom. The van der Waals surface area contributed by atoms with Crippen molar-refractivity contribution in [3.63, 3.8) is 0 Å². The average molecular weight is 267 g/mol. The van der Waals surface area contributed by atoms with E-state index in [0.717, 1.165) is 6.54 Å². The molecule has 1 atom stereocenters. The summed E-state index contributed by atoms with van der Waals surface area (Å²) in [6.45, 7) is 0.725. The highest BCUT2D eigenvalue weighted by molar-refractivity contribution is 7.85. The normalized spacial score (nSPS) is 12.5. The SMILES string of the molecule is Nc1ccc(S(=O)CCCn2ccnc2)c(F)c1. The van der Waals surface area contributed by atoms with Gasteiger partial charge in [-0.3, -0.25) is 4.21 Å². The highest BCUT2D eigenvalue weighted by atomic mass is 32.2. The fraction of sp³-hybridized carbons (Fsp3) is 0.250. The Bertz CT molecular complexity index is 542. The summed E-state index contributed by atoms with van der Waals surface area (Å²) in [5, 5.41) is 0. The molecule has 0 aliphatic rings. The van der Waals surface area contributed by atoms with E-state index in [1.807, 2.05) is 10.8 Å². The number of aromatic nitrogens is 2. The van der Waals surface area contributed by atoms with Crippen LogP contribution in [0.1, 0.15) is 6.42 Å². The predicted octanol–water partition coefficient (Wildman–Crippen LogP) is 1.80. The van der Waals surface area contributed by atoms with Crippen LogP contribution < -0.4 is 5.73 Å². The van der Waals surface area contributed by atoms with Gasteiger partial charge in [-0.05, 0) is 24.6 Å². The minimum atomic E-state index is -1.33. The molecule has 0 saturated carbocycles. The number of hydrogen-bond donors (Lipinski definition) is 1. The lowest BCUT2D eigenvalue weighted by atomic mass is 10.3. The lowest BCUT2D eigenvalue weighted by Crippen LogP contribution is -2.05. The molecule has 0 saturated heterocycles. The van der Waals surface area contributed by atoms with E-state index < -0.39 is 16.6 Å². The zero-order chi connectivity index (χ0) is 13.0. The van der Waals surface area contributed by atoms with Crippen molar-refractivity contribution < 1.29 is 8.60 Å². The molecule has 0 aliphatic carbocycles. The molecule has 0 fully saturated rings. The van der Waals surface area contributed by atoms with Gasteiger partial charge in [-0.15, -0.1) is 0 Å². The van der Waals surface area contributed by atoms with Crippen molar-refractivity contribution in [2.24, 2.45) is 0 Å². The standard InChI is InChI=1S/C12H14FN3OS/c13-11-8-10(14)2-3-12(11)18(17)7-1-5-16-6-4-15-9-16/h2-4,6,8-9H,1,5,7,14H2. The summed E-state index contributed by atoms with van der Waals surface area (Å²) in [6.07, 6.45) is 5.93. The van der Waals surface area contributed by atoms with Gasteiger partial charge in [-0.1, -0.05) is 0 Å². The van der Waals surface area contributed by atoms with Gasteiger partial charge in [0.05, 0.1) is 22.0 Å². The highest BCUT2D eigenvalue weighted by Crippen LogP contribution is 2.16. The molecular formula is C12H14FN3OS. The van der Waals surface area contributed by atoms with Crippen molar-refractivity contribution in [3.8, 4) is 0 Å². The Balaban J connectivity index is 1.91. The number of nitrogens with two attached hydrogens (primary N) is 1. The second kappa shape index (κ2) is 5.77. The molecule has 1 aromatic heterocycles. The molecule has 1 aromatic carbocycles. The second-order valence-corrected chi connectivity index (χ2v) is 5.43. The second-order valence-electron chi connectivity index (χ2n) is 3.89. The van der Waals surface area contributed by atoms with Gasteiger partial charge in [0.1, 0.15) is 5.82 Å². The van der Waals surface area contributed by atoms with Gasteiger partial charge in [0, 0.05) is 30.4 Å². The van der Waals surface area contributed by atoms with Gasteiger partial charge >= 0.3 is 0 Å². The largest absolute Gasteiger partial charge is 0.399 e. The van der Waals surface area contributed by atoms with Crippen LogP contribution in [-0.4, -0.2) is 19.5 Å². The van der Waals surface area contributed by atoms with Crippen molar-refractivity contribution in [2.75, 3.05) is 11.5 Å². The van der Waals surface area contributed by atoms with E-state index in [1.54, 1.807) is 18.6 Å². The summed E-state index contributed by atoms with van der Waals surface area (Å²) in [6, 6.07) is 4.24. The number of halogens is 1. The van der Waals surface area contributed by atoms with E-state index in [1.165, 1.54) is 12.1 Å². The van der Waals surface area contributed by atoms with Crippen LogP contribution in [-0.2, 0) is 17.3 Å². The molecule has 6 heteroatoms. The van der Waals surface area contributed by atoms with Crippen LogP contribution in [0.15, 0.2) is 41.8 Å². The highest BCUT2D eigenvalue weighted by Gasteiger charge is 2.09. The minimum Gasteiger partial charge on any atom is -0.399 e. The molecule has 1 unspecified atom stereocenters. The number of nitrogen functional groups attached to an aromatic ring is 1. The summed E-state index contributed by atoms with van der Waals surface area (Å²) >= 11 is 0. The van der Waals surface area contributed by atoms with E-state index >= 15 is 0 Å². The third-order valence-corrected chi connectivity index (χ3v) is 3.99. The Hall–Kier alpha value is -1.69. The zero-order valence-electron chi connectivity index (χ0n) is 9.75. The summed E-state index contributed by atoms with van der Waals surface area (Å²) in [5.74, 6) is -0.0880. The zero-order valence-corrected chi connectivity index (χ0v) is 10.6. The van der Waals surface area contributed by atoms with E-state index in [4.69, 9.17) is 5.73 Å². The van der Waals surface area contributed by atoms with Crippen LogP contribution in [0.2, 0.25) is 0 Å². The predicted molar refractivity (Wildman–Crippen MR) is 68.9 cm³/mol. The number of benzene rings is 1. The summed E-state index contributed by atoms with van der Waals surface area (Å²) in [5.41, 5.74) is 5.78. The number of imidazole rings is 1. The molecule has 0 radical (unpaired) electrons. The van der Waals surface area contributed by atoms with E-state index in [-0.39, 0.29) is 4.90 Å². The first kappa shape index (κ1) is 12.8. The smallest absolute Gasteiger partial charge is 0.141 e. The summed E-state index contributed by atoms with van der Waals surface area (Å²) in [7, 11) is -1.33. The van der Waals surface area contributed by atoms with Crippen LogP contribution in [0.25, 0.3) is 0 Å². The molecule has 18 heavy (non-hydrogen) atoms. The monoisotopic (exact) mass is 267 g/mol. The van der Waals surface area contributed by atoms with Crippen molar-refractivity contribution in [2.45, 2.75) is 17.9 Å². The summed E-state index contributed by atoms with van der Waals surface area (Å²) in [4.78, 5) is 4.13. The fourth-order valence-electron chi connectivity index (χ4n) is 1.61. The molecule has 4 nitrogen and oxygen atoms in total. The third kappa shape index (κ3) is 3.16. The first-order valence-corrected chi connectivity index (χ1v) is 6.88. The Morgan fingerprint density at radius 3 is 2.94 bits per heavy atom. The van der Waals surface area contributed by atoms with Crippen molar-refractivity contribution in [3.05, 3.63) is 42.7 Å². The van der Waals surface area contributed by atoms with Crippen molar-refractivity contribution in [1.82, 2.24) is 9.55 Å². The lowest BCUT2D eigenvalue weighted by molar-refractivity contribution is 0.594. The molecule has 0 spiro atoms.